The third kappa shape index (κ3) is 7.31. The molecule has 2 N–H and O–H groups in total. The zero-order chi connectivity index (χ0) is 14.9. The lowest BCUT2D eigenvalue weighted by molar-refractivity contribution is 0.0539. The van der Waals surface area contributed by atoms with Gasteiger partial charge in [-0.05, 0) is 33.1 Å². The van der Waals surface area contributed by atoms with Gasteiger partial charge >= 0.3 is 0 Å². The molecular formula is C17H38N2. The Morgan fingerprint density at radius 2 is 1.58 bits per heavy atom. The number of unbranched alkanes of at least 4 members (excludes halogenated alkanes) is 4. The van der Waals surface area contributed by atoms with E-state index in [1.54, 1.807) is 0 Å². The maximum absolute atomic E-state index is 6.12. The molecule has 0 saturated carbocycles. The molecule has 0 bridgehead atoms. The molecule has 19 heavy (non-hydrogen) atoms. The van der Waals surface area contributed by atoms with Crippen molar-refractivity contribution in [1.82, 2.24) is 4.90 Å². The highest BCUT2D eigenvalue weighted by Crippen LogP contribution is 2.25. The minimum atomic E-state index is 0.171. The van der Waals surface area contributed by atoms with Crippen molar-refractivity contribution in [3.8, 4) is 0 Å². The normalized spacial score (nSPS) is 15.5. The van der Waals surface area contributed by atoms with Crippen molar-refractivity contribution in [2.75, 3.05) is 13.1 Å². The van der Waals surface area contributed by atoms with Crippen LogP contribution >= 0.6 is 0 Å². The molecule has 0 aromatic rings. The second-order valence-corrected chi connectivity index (χ2v) is 7.01. The van der Waals surface area contributed by atoms with E-state index in [0.29, 0.717) is 12.0 Å². The van der Waals surface area contributed by atoms with E-state index < -0.39 is 0 Å². The van der Waals surface area contributed by atoms with Gasteiger partial charge in [0.05, 0.1) is 0 Å². The summed E-state index contributed by atoms with van der Waals surface area (Å²) in [5.41, 5.74) is 6.29. The first-order valence-electron chi connectivity index (χ1n) is 8.34. The molecular weight excluding hydrogens is 232 g/mol. The average Bonchev–Trinajstić information content (AvgIpc) is 2.35. The van der Waals surface area contributed by atoms with Crippen LogP contribution in [0.2, 0.25) is 0 Å². The van der Waals surface area contributed by atoms with Crippen molar-refractivity contribution >= 4 is 0 Å². The van der Waals surface area contributed by atoms with Crippen LogP contribution in [0.15, 0.2) is 0 Å². The summed E-state index contributed by atoms with van der Waals surface area (Å²) in [4.78, 5) is 2.62. The Labute approximate surface area is 122 Å². The number of nitrogens with two attached hydrogens (primary N) is 1. The summed E-state index contributed by atoms with van der Waals surface area (Å²) in [6.07, 6.45) is 7.98. The fraction of sp³-hybridized carbons (Fsp3) is 1.00. The fourth-order valence-electron chi connectivity index (χ4n) is 2.92. The number of hydrogen-bond acceptors (Lipinski definition) is 2. The molecule has 0 amide bonds. The zero-order valence-electron chi connectivity index (χ0n) is 14.3. The van der Waals surface area contributed by atoms with Gasteiger partial charge in [-0.1, -0.05) is 52.9 Å². The molecule has 0 aliphatic rings. The Morgan fingerprint density at radius 3 is 2.00 bits per heavy atom. The SMILES string of the molecule is CCCCCCCC(C)(CN)N(CC(C)C)C(C)C. The van der Waals surface area contributed by atoms with E-state index >= 15 is 0 Å². The maximum Gasteiger partial charge on any atom is 0.0306 e. The summed E-state index contributed by atoms with van der Waals surface area (Å²) in [7, 11) is 0. The molecule has 0 radical (unpaired) electrons. The van der Waals surface area contributed by atoms with Crippen molar-refractivity contribution in [3.05, 3.63) is 0 Å². The lowest BCUT2D eigenvalue weighted by Crippen LogP contribution is -2.55. The van der Waals surface area contributed by atoms with Crippen LogP contribution in [0.25, 0.3) is 0 Å². The van der Waals surface area contributed by atoms with Crippen molar-refractivity contribution in [3.63, 3.8) is 0 Å². The van der Waals surface area contributed by atoms with E-state index in [-0.39, 0.29) is 5.54 Å². The first-order chi connectivity index (χ1) is 8.87. The predicted octanol–water partition coefficient (Wildman–Crippen LogP) is 4.43. The molecule has 2 heteroatoms. The van der Waals surface area contributed by atoms with Gasteiger partial charge in [0.25, 0.3) is 0 Å². The topological polar surface area (TPSA) is 29.3 Å². The summed E-state index contributed by atoms with van der Waals surface area (Å²) >= 11 is 0. The van der Waals surface area contributed by atoms with Crippen LogP contribution in [0.5, 0.6) is 0 Å². The Kier molecular flexibility index (Phi) is 9.72. The predicted molar refractivity (Wildman–Crippen MR) is 87.5 cm³/mol. The Morgan fingerprint density at radius 1 is 1.00 bits per heavy atom. The van der Waals surface area contributed by atoms with Gasteiger partial charge in [-0.25, -0.2) is 0 Å². The van der Waals surface area contributed by atoms with Crippen LogP contribution in [0, 0.1) is 5.92 Å². The maximum atomic E-state index is 6.12. The molecule has 0 spiro atoms. The lowest BCUT2D eigenvalue weighted by Gasteiger charge is -2.44. The van der Waals surface area contributed by atoms with E-state index in [0.717, 1.165) is 13.1 Å². The molecule has 2 nitrogen and oxygen atoms in total. The zero-order valence-corrected chi connectivity index (χ0v) is 14.3. The van der Waals surface area contributed by atoms with Crippen molar-refractivity contribution in [2.24, 2.45) is 11.7 Å². The van der Waals surface area contributed by atoms with E-state index in [4.69, 9.17) is 5.73 Å². The van der Waals surface area contributed by atoms with Crippen LogP contribution in [-0.4, -0.2) is 29.6 Å². The van der Waals surface area contributed by atoms with Gasteiger partial charge in [0.1, 0.15) is 0 Å². The molecule has 0 fully saturated rings. The lowest BCUT2D eigenvalue weighted by atomic mass is 9.89. The molecule has 0 heterocycles. The summed E-state index contributed by atoms with van der Waals surface area (Å²) in [6.45, 7) is 15.7. The van der Waals surface area contributed by atoms with Crippen LogP contribution < -0.4 is 5.73 Å². The van der Waals surface area contributed by atoms with Gasteiger partial charge in [0.15, 0.2) is 0 Å². The molecule has 116 valence electrons. The molecule has 0 saturated heterocycles. The largest absolute Gasteiger partial charge is 0.329 e. The van der Waals surface area contributed by atoms with Gasteiger partial charge < -0.3 is 5.73 Å². The van der Waals surface area contributed by atoms with Crippen molar-refractivity contribution in [2.45, 2.75) is 91.6 Å². The second kappa shape index (κ2) is 9.77. The number of hydrogen-bond donors (Lipinski definition) is 1. The van der Waals surface area contributed by atoms with Crippen molar-refractivity contribution in [1.29, 1.82) is 0 Å². The Hall–Kier alpha value is -0.0800. The molecule has 1 unspecified atom stereocenters. The number of nitrogens with zero attached hydrogens (tertiary/aromatic N) is 1. The summed E-state index contributed by atoms with van der Waals surface area (Å²) in [6, 6.07) is 0.576. The van der Waals surface area contributed by atoms with Gasteiger partial charge in [-0.3, -0.25) is 4.90 Å². The second-order valence-electron chi connectivity index (χ2n) is 7.01. The Bertz CT molecular complexity index is 213. The monoisotopic (exact) mass is 270 g/mol. The van der Waals surface area contributed by atoms with Gasteiger partial charge in [0.2, 0.25) is 0 Å². The molecule has 0 aromatic carbocycles. The third-order valence-electron chi connectivity index (χ3n) is 4.14. The minimum absolute atomic E-state index is 0.171. The van der Waals surface area contributed by atoms with Crippen LogP contribution in [-0.2, 0) is 0 Å². The highest BCUT2D eigenvalue weighted by molar-refractivity contribution is 4.89. The first-order valence-corrected chi connectivity index (χ1v) is 8.34. The van der Waals surface area contributed by atoms with Gasteiger partial charge in [-0.15, -0.1) is 0 Å². The fourth-order valence-corrected chi connectivity index (χ4v) is 2.92. The van der Waals surface area contributed by atoms with Crippen LogP contribution in [0.4, 0.5) is 0 Å². The molecule has 1 atom stereocenters. The van der Waals surface area contributed by atoms with Crippen LogP contribution in [0.1, 0.15) is 80.1 Å². The molecule has 0 aliphatic heterocycles. The van der Waals surface area contributed by atoms with Crippen molar-refractivity contribution < 1.29 is 0 Å². The summed E-state index contributed by atoms with van der Waals surface area (Å²) in [5.74, 6) is 0.702. The molecule has 0 aliphatic carbocycles. The van der Waals surface area contributed by atoms with Crippen LogP contribution in [0.3, 0.4) is 0 Å². The quantitative estimate of drug-likeness (QED) is 0.563. The minimum Gasteiger partial charge on any atom is -0.329 e. The first kappa shape index (κ1) is 18.9. The standard InChI is InChI=1S/C17H38N2/c1-7-8-9-10-11-12-17(6,14-18)19(16(4)5)13-15(2)3/h15-16H,7-14,18H2,1-6H3. The van der Waals surface area contributed by atoms with E-state index in [2.05, 4.69) is 46.4 Å². The van der Waals surface area contributed by atoms with Gasteiger partial charge in [-0.2, -0.15) is 0 Å². The summed E-state index contributed by atoms with van der Waals surface area (Å²) < 4.78 is 0. The highest BCUT2D eigenvalue weighted by Gasteiger charge is 2.31. The molecule has 0 rings (SSSR count). The van der Waals surface area contributed by atoms with Gasteiger partial charge in [0, 0.05) is 24.7 Å². The molecule has 0 aromatic heterocycles. The number of rotatable bonds is 11. The van der Waals surface area contributed by atoms with E-state index in [9.17, 15) is 0 Å². The highest BCUT2D eigenvalue weighted by atomic mass is 15.2. The third-order valence-corrected chi connectivity index (χ3v) is 4.14. The van der Waals surface area contributed by atoms with E-state index in [1.165, 1.54) is 38.5 Å². The average molecular weight is 271 g/mol. The Balaban J connectivity index is 4.42. The summed E-state index contributed by atoms with van der Waals surface area (Å²) in [5, 5.41) is 0. The van der Waals surface area contributed by atoms with E-state index in [1.807, 2.05) is 0 Å². The smallest absolute Gasteiger partial charge is 0.0306 e.